The Morgan fingerprint density at radius 3 is 2.63 bits per heavy atom. The van der Waals surface area contributed by atoms with E-state index in [0.29, 0.717) is 0 Å². The van der Waals surface area contributed by atoms with Gasteiger partial charge in [0.05, 0.1) is 13.2 Å². The van der Waals surface area contributed by atoms with Gasteiger partial charge >= 0.3 is 0 Å². The fraction of sp³-hybridized carbons (Fsp3) is 0.500. The zero-order valence-corrected chi connectivity index (χ0v) is 17.0. The van der Waals surface area contributed by atoms with Crippen LogP contribution in [-0.2, 0) is 17.6 Å². The molecule has 1 aromatic carbocycles. The first-order chi connectivity index (χ1) is 13.2. The van der Waals surface area contributed by atoms with Crippen molar-refractivity contribution in [2.24, 2.45) is 0 Å². The Morgan fingerprint density at radius 2 is 1.89 bits per heavy atom. The molecule has 1 aliphatic carbocycles. The van der Waals surface area contributed by atoms with E-state index in [9.17, 15) is 4.79 Å². The first kappa shape index (κ1) is 18.5. The van der Waals surface area contributed by atoms with Crippen molar-refractivity contribution in [2.75, 3.05) is 25.5 Å². The zero-order chi connectivity index (χ0) is 18.8. The molecule has 1 amide bonds. The van der Waals surface area contributed by atoms with Crippen LogP contribution in [0, 0.1) is 0 Å². The van der Waals surface area contributed by atoms with Gasteiger partial charge in [0.2, 0.25) is 5.91 Å². The third-order valence-corrected chi connectivity index (χ3v) is 6.94. The molecule has 1 N–H and O–H groups in total. The number of rotatable bonds is 5. The number of methoxy groups -OCH3 is 1. The number of benzene rings is 1. The summed E-state index contributed by atoms with van der Waals surface area (Å²) >= 11 is 1.79. The Labute approximate surface area is 165 Å². The molecule has 27 heavy (non-hydrogen) atoms. The van der Waals surface area contributed by atoms with Crippen molar-refractivity contribution >= 4 is 22.2 Å². The molecule has 2 aromatic rings. The number of aryl methyl sites for hydroxylation is 1. The highest BCUT2D eigenvalue weighted by Crippen LogP contribution is 2.47. The average molecular weight is 385 g/mol. The molecule has 0 spiro atoms. The minimum absolute atomic E-state index is 0.00930. The van der Waals surface area contributed by atoms with Gasteiger partial charge < -0.3 is 10.1 Å². The highest BCUT2D eigenvalue weighted by Gasteiger charge is 2.34. The van der Waals surface area contributed by atoms with Crippen LogP contribution < -0.4 is 10.1 Å². The van der Waals surface area contributed by atoms with E-state index in [1.807, 2.05) is 6.07 Å². The van der Waals surface area contributed by atoms with Crippen LogP contribution in [0.4, 0.5) is 5.00 Å². The number of nitrogens with one attached hydrogen (secondary N) is 1. The monoisotopic (exact) mass is 384 g/mol. The quantitative estimate of drug-likeness (QED) is 0.807. The van der Waals surface area contributed by atoms with Crippen LogP contribution in [0.2, 0.25) is 0 Å². The van der Waals surface area contributed by atoms with Gasteiger partial charge in [0.25, 0.3) is 0 Å². The second-order valence-corrected chi connectivity index (χ2v) is 8.63. The molecule has 0 bridgehead atoms. The van der Waals surface area contributed by atoms with Crippen molar-refractivity contribution in [3.05, 3.63) is 45.8 Å². The van der Waals surface area contributed by atoms with Crippen LogP contribution in [0.1, 0.15) is 60.2 Å². The number of likely N-dealkylation sites (tertiary alicyclic amines) is 1. The van der Waals surface area contributed by atoms with Crippen molar-refractivity contribution in [3.63, 3.8) is 0 Å². The zero-order valence-electron chi connectivity index (χ0n) is 16.2. The highest BCUT2D eigenvalue weighted by atomic mass is 32.1. The number of fused-ring (bicyclic) bond motifs is 1. The maximum absolute atomic E-state index is 11.9. The van der Waals surface area contributed by atoms with Crippen molar-refractivity contribution < 1.29 is 9.53 Å². The van der Waals surface area contributed by atoms with Gasteiger partial charge in [-0.3, -0.25) is 9.69 Å². The van der Waals surface area contributed by atoms with Crippen LogP contribution in [-0.4, -0.2) is 31.0 Å². The van der Waals surface area contributed by atoms with E-state index in [-0.39, 0.29) is 11.9 Å². The molecule has 4 nitrogen and oxygen atoms in total. The van der Waals surface area contributed by atoms with Gasteiger partial charge in [-0.25, -0.2) is 0 Å². The summed E-state index contributed by atoms with van der Waals surface area (Å²) in [7, 11) is 1.75. The third-order valence-electron chi connectivity index (χ3n) is 5.71. The van der Waals surface area contributed by atoms with Crippen LogP contribution in [0.5, 0.6) is 5.75 Å². The number of amides is 1. The molecular weight excluding hydrogens is 356 g/mol. The predicted octanol–water partition coefficient (Wildman–Crippen LogP) is 4.78. The predicted molar refractivity (Wildman–Crippen MR) is 111 cm³/mol. The summed E-state index contributed by atoms with van der Waals surface area (Å²) in [5.41, 5.74) is 3.99. The summed E-state index contributed by atoms with van der Waals surface area (Å²) in [4.78, 5) is 16.0. The first-order valence-electron chi connectivity index (χ1n) is 9.98. The molecule has 0 radical (unpaired) electrons. The van der Waals surface area contributed by atoms with Crippen LogP contribution in [0.15, 0.2) is 24.3 Å². The second kappa shape index (κ2) is 8.03. The lowest BCUT2D eigenvalue weighted by Crippen LogP contribution is -2.28. The minimum atomic E-state index is 0.00930. The Kier molecular flexibility index (Phi) is 5.50. The molecule has 1 unspecified atom stereocenters. The summed E-state index contributed by atoms with van der Waals surface area (Å²) in [5, 5.41) is 4.19. The second-order valence-electron chi connectivity index (χ2n) is 7.52. The topological polar surface area (TPSA) is 41.6 Å². The Hall–Kier alpha value is -1.85. The summed E-state index contributed by atoms with van der Waals surface area (Å²) in [6.45, 7) is 3.79. The van der Waals surface area contributed by atoms with Gasteiger partial charge in [0.15, 0.2) is 0 Å². The summed E-state index contributed by atoms with van der Waals surface area (Å²) in [5.74, 6) is 0.939. The number of ether oxygens (including phenoxy) is 1. The average Bonchev–Trinajstić information content (AvgIpc) is 3.31. The summed E-state index contributed by atoms with van der Waals surface area (Å²) in [6.07, 6.45) is 7.18. The molecule has 2 aliphatic rings. The smallest absolute Gasteiger partial charge is 0.221 e. The lowest BCUT2D eigenvalue weighted by Gasteiger charge is -2.31. The lowest BCUT2D eigenvalue weighted by atomic mass is 9.88. The molecule has 5 heteroatoms. The number of para-hydroxylation sites is 1. The van der Waals surface area contributed by atoms with E-state index in [4.69, 9.17) is 4.74 Å². The molecule has 1 saturated heterocycles. The molecule has 2 heterocycles. The number of thiophene rings is 1. The van der Waals surface area contributed by atoms with Gasteiger partial charge in [-0.2, -0.15) is 0 Å². The van der Waals surface area contributed by atoms with E-state index in [0.717, 1.165) is 36.7 Å². The maximum Gasteiger partial charge on any atom is 0.221 e. The molecule has 144 valence electrons. The van der Waals surface area contributed by atoms with Crippen molar-refractivity contribution in [3.8, 4) is 5.75 Å². The number of carbonyl (C=O) groups is 1. The fourth-order valence-electron chi connectivity index (χ4n) is 4.56. The third kappa shape index (κ3) is 3.63. The van der Waals surface area contributed by atoms with Crippen molar-refractivity contribution in [1.29, 1.82) is 0 Å². The molecule has 0 saturated carbocycles. The normalized spacial score (nSPS) is 18.1. The molecule has 1 aliphatic heterocycles. The Balaban J connectivity index is 1.89. The standard InChI is InChI=1S/C22H28N2O2S/c1-15(25)23-22-20(17-10-4-6-12-19(17)27-22)21(24-13-7-8-14-24)16-9-3-5-11-18(16)26-2/h3,5,9,11,21H,4,6-8,10,12-14H2,1-2H3,(H,23,25). The minimum Gasteiger partial charge on any atom is -0.496 e. The molecule has 1 atom stereocenters. The number of hydrogen-bond acceptors (Lipinski definition) is 4. The molecular formula is C22H28N2O2S. The van der Waals surface area contributed by atoms with Gasteiger partial charge in [-0.15, -0.1) is 11.3 Å². The van der Waals surface area contributed by atoms with Crippen LogP contribution in [0.25, 0.3) is 0 Å². The Morgan fingerprint density at radius 1 is 1.15 bits per heavy atom. The van der Waals surface area contributed by atoms with Crippen molar-refractivity contribution in [1.82, 2.24) is 4.90 Å². The SMILES string of the molecule is COc1ccccc1C(c1c(NC(C)=O)sc2c1CCCC2)N1CCCC1. The first-order valence-corrected chi connectivity index (χ1v) is 10.8. The van der Waals surface area contributed by atoms with Gasteiger partial charge in [0.1, 0.15) is 10.8 Å². The highest BCUT2D eigenvalue weighted by molar-refractivity contribution is 7.16. The Bertz CT molecular complexity index is 824. The van der Waals surface area contributed by atoms with E-state index in [2.05, 4.69) is 28.4 Å². The van der Waals surface area contributed by atoms with E-state index < -0.39 is 0 Å². The largest absolute Gasteiger partial charge is 0.496 e. The van der Waals surface area contributed by atoms with E-state index >= 15 is 0 Å². The molecule has 4 rings (SSSR count). The van der Waals surface area contributed by atoms with Crippen molar-refractivity contribution in [2.45, 2.75) is 51.5 Å². The fourth-order valence-corrected chi connectivity index (χ4v) is 5.93. The summed E-state index contributed by atoms with van der Waals surface area (Å²) in [6, 6.07) is 8.50. The number of anilines is 1. The lowest BCUT2D eigenvalue weighted by molar-refractivity contribution is -0.114. The van der Waals surface area contributed by atoms with Gasteiger partial charge in [0, 0.05) is 22.9 Å². The van der Waals surface area contributed by atoms with Crippen LogP contribution in [0.3, 0.4) is 0 Å². The number of hydrogen-bond donors (Lipinski definition) is 1. The maximum atomic E-state index is 11.9. The molecule has 1 aromatic heterocycles. The summed E-state index contributed by atoms with van der Waals surface area (Å²) < 4.78 is 5.74. The van der Waals surface area contributed by atoms with Gasteiger partial charge in [-0.05, 0) is 63.2 Å². The van der Waals surface area contributed by atoms with Gasteiger partial charge in [-0.1, -0.05) is 18.2 Å². The number of carbonyl (C=O) groups excluding carboxylic acids is 1. The number of nitrogens with zero attached hydrogens (tertiary/aromatic N) is 1. The van der Waals surface area contributed by atoms with Crippen LogP contribution >= 0.6 is 11.3 Å². The van der Waals surface area contributed by atoms with E-state index in [1.54, 1.807) is 25.4 Å². The molecule has 1 fully saturated rings. The van der Waals surface area contributed by atoms with E-state index in [1.165, 1.54) is 47.3 Å².